The highest BCUT2D eigenvalue weighted by atomic mass is 35.5. The first-order valence-corrected chi connectivity index (χ1v) is 4.81. The third kappa shape index (κ3) is 3.42. The maximum absolute atomic E-state index is 10.4. The van der Waals surface area contributed by atoms with Crippen LogP contribution < -0.4 is 11.2 Å². The lowest BCUT2D eigenvalue weighted by atomic mass is 10.1. The molecule has 0 fully saturated rings. The Hall–Kier alpha value is -1.26. The van der Waals surface area contributed by atoms with Gasteiger partial charge in [0.2, 0.25) is 0 Å². The van der Waals surface area contributed by atoms with Crippen LogP contribution in [-0.2, 0) is 0 Å². The van der Waals surface area contributed by atoms with Crippen molar-refractivity contribution in [2.75, 3.05) is 0 Å². The Morgan fingerprint density at radius 2 is 2.07 bits per heavy atom. The molecule has 0 aromatic heterocycles. The van der Waals surface area contributed by atoms with Gasteiger partial charge in [0.15, 0.2) is 0 Å². The van der Waals surface area contributed by atoms with Crippen LogP contribution in [0.1, 0.15) is 12.5 Å². The molecule has 0 radical (unpaired) electrons. The smallest absolute Gasteiger partial charge is 0.332 e. The van der Waals surface area contributed by atoms with Crippen molar-refractivity contribution in [3.05, 3.63) is 33.8 Å². The highest BCUT2D eigenvalue weighted by Gasteiger charge is 2.02. The van der Waals surface area contributed by atoms with E-state index in [1.54, 1.807) is 25.1 Å². The first kappa shape index (κ1) is 11.8. The molecular weight excluding hydrogens is 237 g/mol. The van der Waals surface area contributed by atoms with E-state index in [0.717, 1.165) is 5.56 Å². The number of nitrogens with two attached hydrogens (primary N) is 1. The predicted octanol–water partition coefficient (Wildman–Crippen LogP) is 2.39. The Morgan fingerprint density at radius 3 is 2.60 bits per heavy atom. The Morgan fingerprint density at radius 1 is 1.40 bits per heavy atom. The van der Waals surface area contributed by atoms with Crippen LogP contribution >= 0.6 is 23.2 Å². The number of amides is 2. The molecular formula is C9H9Cl2N3O. The fourth-order valence-corrected chi connectivity index (χ4v) is 1.22. The molecule has 0 aliphatic carbocycles. The van der Waals surface area contributed by atoms with Crippen LogP contribution in [-0.4, -0.2) is 11.7 Å². The van der Waals surface area contributed by atoms with Crippen molar-refractivity contribution in [2.45, 2.75) is 6.92 Å². The molecule has 0 heterocycles. The number of hydrazone groups is 1. The molecule has 0 saturated heterocycles. The van der Waals surface area contributed by atoms with Crippen molar-refractivity contribution in [1.29, 1.82) is 0 Å². The first-order chi connectivity index (χ1) is 7.00. The van der Waals surface area contributed by atoms with Gasteiger partial charge in [0.05, 0.1) is 15.8 Å². The molecule has 15 heavy (non-hydrogen) atoms. The van der Waals surface area contributed by atoms with E-state index in [-0.39, 0.29) is 0 Å². The van der Waals surface area contributed by atoms with Gasteiger partial charge in [-0.1, -0.05) is 29.3 Å². The van der Waals surface area contributed by atoms with E-state index in [4.69, 9.17) is 28.9 Å². The van der Waals surface area contributed by atoms with Crippen molar-refractivity contribution >= 4 is 34.9 Å². The Bertz CT molecular complexity index is 418. The van der Waals surface area contributed by atoms with Gasteiger partial charge < -0.3 is 5.73 Å². The number of nitrogens with zero attached hydrogens (tertiary/aromatic N) is 1. The standard InChI is InChI=1S/C9H9Cl2N3O/c1-5(13-14-9(12)15)6-2-3-7(10)8(11)4-6/h2-4H,1H3,(H3,12,14,15)/b13-5+. The molecule has 1 aromatic rings. The van der Waals surface area contributed by atoms with Gasteiger partial charge in [-0.3, -0.25) is 0 Å². The van der Waals surface area contributed by atoms with Crippen LogP contribution in [0, 0.1) is 0 Å². The van der Waals surface area contributed by atoms with Gasteiger partial charge in [-0.25, -0.2) is 10.2 Å². The molecule has 6 heteroatoms. The van der Waals surface area contributed by atoms with Crippen LogP contribution in [0.25, 0.3) is 0 Å². The summed E-state index contributed by atoms with van der Waals surface area (Å²) in [4.78, 5) is 10.4. The van der Waals surface area contributed by atoms with E-state index >= 15 is 0 Å². The van der Waals surface area contributed by atoms with Crippen LogP contribution in [0.5, 0.6) is 0 Å². The largest absolute Gasteiger partial charge is 0.350 e. The van der Waals surface area contributed by atoms with E-state index in [9.17, 15) is 4.79 Å². The van der Waals surface area contributed by atoms with E-state index in [1.165, 1.54) is 0 Å². The third-order valence-electron chi connectivity index (χ3n) is 1.67. The summed E-state index contributed by atoms with van der Waals surface area (Å²) in [5, 5.41) is 4.66. The number of carbonyl (C=O) groups excluding carboxylic acids is 1. The summed E-state index contributed by atoms with van der Waals surface area (Å²) in [6.07, 6.45) is 0. The number of halogens is 2. The topological polar surface area (TPSA) is 67.5 Å². The number of urea groups is 1. The summed E-state index contributed by atoms with van der Waals surface area (Å²) in [5.74, 6) is 0. The number of benzene rings is 1. The number of carbonyl (C=O) groups is 1. The predicted molar refractivity (Wildman–Crippen MR) is 61.4 cm³/mol. The lowest BCUT2D eigenvalue weighted by Gasteiger charge is -2.02. The minimum atomic E-state index is -0.714. The molecule has 0 aliphatic rings. The average Bonchev–Trinajstić information content (AvgIpc) is 2.18. The second-order valence-electron chi connectivity index (χ2n) is 2.80. The van der Waals surface area contributed by atoms with Gasteiger partial charge in [-0.2, -0.15) is 5.10 Å². The Labute approximate surface area is 97.0 Å². The number of rotatable bonds is 2. The van der Waals surface area contributed by atoms with Crippen LogP contribution in [0.4, 0.5) is 4.79 Å². The van der Waals surface area contributed by atoms with Crippen LogP contribution in [0.15, 0.2) is 23.3 Å². The van der Waals surface area contributed by atoms with Crippen molar-refractivity contribution < 1.29 is 4.79 Å². The SMILES string of the molecule is C/C(=N\NC(N)=O)c1ccc(Cl)c(Cl)c1. The van der Waals surface area contributed by atoms with Crippen molar-refractivity contribution in [1.82, 2.24) is 5.43 Å². The monoisotopic (exact) mass is 245 g/mol. The minimum Gasteiger partial charge on any atom is -0.350 e. The fraction of sp³-hybridized carbons (Fsp3) is 0.111. The van der Waals surface area contributed by atoms with Crippen LogP contribution in [0.2, 0.25) is 10.0 Å². The maximum Gasteiger partial charge on any atom is 0.332 e. The van der Waals surface area contributed by atoms with Gasteiger partial charge in [-0.05, 0) is 24.6 Å². The zero-order valence-electron chi connectivity index (χ0n) is 7.92. The summed E-state index contributed by atoms with van der Waals surface area (Å²) in [6, 6.07) is 4.35. The molecule has 80 valence electrons. The maximum atomic E-state index is 10.4. The molecule has 3 N–H and O–H groups in total. The normalized spacial score (nSPS) is 11.3. The molecule has 1 aromatic carbocycles. The van der Waals surface area contributed by atoms with Gasteiger partial charge in [0.1, 0.15) is 0 Å². The second kappa shape index (κ2) is 5.00. The molecule has 0 bridgehead atoms. The average molecular weight is 246 g/mol. The first-order valence-electron chi connectivity index (χ1n) is 4.06. The number of hydrogen-bond acceptors (Lipinski definition) is 2. The van der Waals surface area contributed by atoms with E-state index in [2.05, 4.69) is 10.5 Å². The molecule has 0 saturated carbocycles. The summed E-state index contributed by atoms with van der Waals surface area (Å²) in [5.41, 5.74) is 8.35. The van der Waals surface area contributed by atoms with Crippen molar-refractivity contribution in [3.8, 4) is 0 Å². The summed E-state index contributed by atoms with van der Waals surface area (Å²) in [7, 11) is 0. The fourth-order valence-electron chi connectivity index (χ4n) is 0.925. The molecule has 0 spiro atoms. The van der Waals surface area contributed by atoms with E-state index < -0.39 is 6.03 Å². The highest BCUT2D eigenvalue weighted by molar-refractivity contribution is 6.42. The molecule has 1 rings (SSSR count). The van der Waals surface area contributed by atoms with Crippen LogP contribution in [0.3, 0.4) is 0 Å². The quantitative estimate of drug-likeness (QED) is 0.610. The Balaban J connectivity index is 2.91. The minimum absolute atomic E-state index is 0.433. The van der Waals surface area contributed by atoms with Gasteiger partial charge in [0.25, 0.3) is 0 Å². The lowest BCUT2D eigenvalue weighted by Crippen LogP contribution is -2.25. The zero-order valence-corrected chi connectivity index (χ0v) is 9.43. The molecule has 0 unspecified atom stereocenters. The van der Waals surface area contributed by atoms with E-state index in [1.807, 2.05) is 0 Å². The molecule has 2 amide bonds. The zero-order chi connectivity index (χ0) is 11.4. The number of nitrogens with one attached hydrogen (secondary N) is 1. The molecule has 0 atom stereocenters. The molecule has 4 nitrogen and oxygen atoms in total. The van der Waals surface area contributed by atoms with E-state index in [0.29, 0.717) is 15.8 Å². The molecule has 0 aliphatic heterocycles. The van der Waals surface area contributed by atoms with Gasteiger partial charge in [-0.15, -0.1) is 0 Å². The summed E-state index contributed by atoms with van der Waals surface area (Å²) < 4.78 is 0. The second-order valence-corrected chi connectivity index (χ2v) is 3.62. The van der Waals surface area contributed by atoms with Gasteiger partial charge in [0, 0.05) is 0 Å². The lowest BCUT2D eigenvalue weighted by molar-refractivity contribution is 0.249. The van der Waals surface area contributed by atoms with Crippen molar-refractivity contribution in [2.24, 2.45) is 10.8 Å². The number of hydrogen-bond donors (Lipinski definition) is 2. The Kier molecular flexibility index (Phi) is 3.94. The van der Waals surface area contributed by atoms with Gasteiger partial charge >= 0.3 is 6.03 Å². The highest BCUT2D eigenvalue weighted by Crippen LogP contribution is 2.22. The summed E-state index contributed by atoms with van der Waals surface area (Å²) in [6.45, 7) is 1.72. The third-order valence-corrected chi connectivity index (χ3v) is 2.41. The number of primary amides is 1. The summed E-state index contributed by atoms with van der Waals surface area (Å²) >= 11 is 11.6. The van der Waals surface area contributed by atoms with Crippen molar-refractivity contribution in [3.63, 3.8) is 0 Å².